The molecule has 0 aliphatic rings. The summed E-state index contributed by atoms with van der Waals surface area (Å²) in [5.41, 5.74) is -0.315. The van der Waals surface area contributed by atoms with E-state index in [4.69, 9.17) is 16.3 Å². The zero-order valence-corrected chi connectivity index (χ0v) is 14.3. The van der Waals surface area contributed by atoms with Gasteiger partial charge in [-0.05, 0) is 44.5 Å². The summed E-state index contributed by atoms with van der Waals surface area (Å²) in [4.78, 5) is 16.1. The maximum absolute atomic E-state index is 13.4. The molecule has 0 fully saturated rings. The Morgan fingerprint density at radius 3 is 2.74 bits per heavy atom. The third-order valence-electron chi connectivity index (χ3n) is 2.60. The van der Waals surface area contributed by atoms with Gasteiger partial charge in [0.05, 0.1) is 4.88 Å². The van der Waals surface area contributed by atoms with Crippen molar-refractivity contribution in [3.8, 4) is 0 Å². The van der Waals surface area contributed by atoms with Gasteiger partial charge in [0.25, 0.3) is 0 Å². The molecule has 0 radical (unpaired) electrons. The largest absolute Gasteiger partial charge is 0.444 e. The van der Waals surface area contributed by atoms with Crippen molar-refractivity contribution in [2.45, 2.75) is 32.5 Å². The minimum absolute atomic E-state index is 0.190. The Morgan fingerprint density at radius 1 is 1.43 bits per heavy atom. The second kappa shape index (κ2) is 6.82. The van der Waals surface area contributed by atoms with Crippen molar-refractivity contribution in [2.24, 2.45) is 0 Å². The van der Waals surface area contributed by atoms with Gasteiger partial charge in [0.2, 0.25) is 0 Å². The first-order valence-electron chi connectivity index (χ1n) is 6.74. The van der Waals surface area contributed by atoms with Crippen LogP contribution in [0.15, 0.2) is 24.4 Å². The lowest BCUT2D eigenvalue weighted by Crippen LogP contribution is -2.27. The normalized spacial score (nSPS) is 12.8. The van der Waals surface area contributed by atoms with Crippen LogP contribution in [0, 0.1) is 5.82 Å². The molecular weight excluding hydrogens is 343 g/mol. The lowest BCUT2D eigenvalue weighted by Gasteiger charge is -2.18. The molecule has 0 aliphatic carbocycles. The Labute approximate surface area is 142 Å². The number of nitrogens with one attached hydrogen (secondary N) is 1. The molecule has 0 saturated heterocycles. The number of aromatic nitrogens is 1. The quantitative estimate of drug-likeness (QED) is 0.854. The molecule has 8 heteroatoms. The molecule has 0 spiro atoms. The number of aliphatic hydroxyl groups excluding tert-OH is 1. The fourth-order valence-electron chi connectivity index (χ4n) is 1.76. The Morgan fingerprint density at radius 2 is 2.13 bits per heavy atom. The van der Waals surface area contributed by atoms with E-state index in [0.717, 1.165) is 17.4 Å². The van der Waals surface area contributed by atoms with Gasteiger partial charge in [-0.3, -0.25) is 5.32 Å². The number of aliphatic hydroxyl groups is 1. The molecule has 2 aromatic rings. The van der Waals surface area contributed by atoms with Crippen molar-refractivity contribution in [1.29, 1.82) is 0 Å². The zero-order valence-electron chi connectivity index (χ0n) is 12.8. The monoisotopic (exact) mass is 358 g/mol. The van der Waals surface area contributed by atoms with E-state index in [1.54, 1.807) is 20.8 Å². The van der Waals surface area contributed by atoms with Crippen molar-refractivity contribution in [3.05, 3.63) is 45.7 Å². The van der Waals surface area contributed by atoms with Crippen molar-refractivity contribution in [3.63, 3.8) is 0 Å². The molecule has 2 rings (SSSR count). The molecule has 0 saturated carbocycles. The lowest BCUT2D eigenvalue weighted by atomic mass is 10.1. The number of ether oxygens (including phenoxy) is 1. The minimum atomic E-state index is -1.09. The predicted octanol–water partition coefficient (Wildman–Crippen LogP) is 4.36. The number of hydrogen-bond donors (Lipinski definition) is 2. The molecule has 23 heavy (non-hydrogen) atoms. The van der Waals surface area contributed by atoms with E-state index >= 15 is 0 Å². The number of benzene rings is 1. The maximum Gasteiger partial charge on any atom is 0.413 e. The van der Waals surface area contributed by atoms with Crippen LogP contribution < -0.4 is 5.32 Å². The summed E-state index contributed by atoms with van der Waals surface area (Å²) >= 11 is 6.84. The van der Waals surface area contributed by atoms with E-state index in [-0.39, 0.29) is 10.2 Å². The van der Waals surface area contributed by atoms with Gasteiger partial charge >= 0.3 is 6.09 Å². The summed E-state index contributed by atoms with van der Waals surface area (Å²) in [5, 5.41) is 13.2. The lowest BCUT2D eigenvalue weighted by molar-refractivity contribution is 0.0636. The van der Waals surface area contributed by atoms with Crippen molar-refractivity contribution < 1.29 is 19.0 Å². The number of hydrogen-bond acceptors (Lipinski definition) is 5. The second-order valence-corrected chi connectivity index (χ2v) is 7.30. The van der Waals surface area contributed by atoms with Gasteiger partial charge < -0.3 is 9.84 Å². The first-order chi connectivity index (χ1) is 10.6. The topological polar surface area (TPSA) is 71.5 Å². The number of amides is 1. The summed E-state index contributed by atoms with van der Waals surface area (Å²) in [6.45, 7) is 5.24. The zero-order chi connectivity index (χ0) is 17.2. The molecule has 2 N–H and O–H groups in total. The molecule has 1 aromatic heterocycles. The summed E-state index contributed by atoms with van der Waals surface area (Å²) in [5.74, 6) is -0.539. The van der Waals surface area contributed by atoms with E-state index in [1.807, 2.05) is 0 Å². The molecular formula is C15H16ClFN2O3S. The van der Waals surface area contributed by atoms with Gasteiger partial charge in [-0.25, -0.2) is 14.2 Å². The Balaban J connectivity index is 2.10. The van der Waals surface area contributed by atoms with Crippen LogP contribution in [0.1, 0.15) is 37.3 Å². The first kappa shape index (κ1) is 17.7. The molecule has 5 nitrogen and oxygen atoms in total. The fraction of sp³-hybridized carbons (Fsp3) is 0.333. The Kier molecular flexibility index (Phi) is 5.23. The third kappa shape index (κ3) is 5.16. The minimum Gasteiger partial charge on any atom is -0.444 e. The number of carbonyl (C=O) groups excluding carboxylic acids is 1. The Hall–Kier alpha value is -1.70. The van der Waals surface area contributed by atoms with E-state index < -0.39 is 23.6 Å². The Bertz CT molecular complexity index is 695. The highest BCUT2D eigenvalue weighted by Crippen LogP contribution is 2.31. The maximum atomic E-state index is 13.4. The van der Waals surface area contributed by atoms with Gasteiger partial charge in [-0.15, -0.1) is 0 Å². The van der Waals surface area contributed by atoms with E-state index in [2.05, 4.69) is 10.3 Å². The van der Waals surface area contributed by atoms with Crippen molar-refractivity contribution in [2.75, 3.05) is 5.32 Å². The number of thiazole rings is 1. The van der Waals surface area contributed by atoms with Crippen LogP contribution in [0.4, 0.5) is 14.3 Å². The SMILES string of the molecule is CC(C)(C)OC(=O)Nc1ncc(C(O)c2cc(F)cc(Cl)c2)s1. The molecule has 1 amide bonds. The van der Waals surface area contributed by atoms with E-state index in [1.165, 1.54) is 18.3 Å². The van der Waals surface area contributed by atoms with Crippen LogP contribution in [0.5, 0.6) is 0 Å². The van der Waals surface area contributed by atoms with Crippen molar-refractivity contribution in [1.82, 2.24) is 4.98 Å². The van der Waals surface area contributed by atoms with E-state index in [0.29, 0.717) is 10.4 Å². The molecule has 1 unspecified atom stereocenters. The predicted molar refractivity (Wildman–Crippen MR) is 87.4 cm³/mol. The van der Waals surface area contributed by atoms with Crippen LogP contribution in [-0.4, -0.2) is 21.8 Å². The fourth-order valence-corrected chi connectivity index (χ4v) is 2.81. The average molecular weight is 359 g/mol. The van der Waals surface area contributed by atoms with Crippen LogP contribution in [0.2, 0.25) is 5.02 Å². The van der Waals surface area contributed by atoms with Gasteiger partial charge in [-0.2, -0.15) is 0 Å². The van der Waals surface area contributed by atoms with Crippen LogP contribution >= 0.6 is 22.9 Å². The molecule has 0 aliphatic heterocycles. The molecule has 1 atom stereocenters. The molecule has 1 aromatic carbocycles. The summed E-state index contributed by atoms with van der Waals surface area (Å²) < 4.78 is 18.5. The second-order valence-electron chi connectivity index (χ2n) is 5.80. The summed E-state index contributed by atoms with van der Waals surface area (Å²) in [6.07, 6.45) is -0.322. The first-order valence-corrected chi connectivity index (χ1v) is 7.93. The summed E-state index contributed by atoms with van der Waals surface area (Å²) in [7, 11) is 0. The number of rotatable bonds is 3. The highest BCUT2D eigenvalue weighted by atomic mass is 35.5. The van der Waals surface area contributed by atoms with E-state index in [9.17, 15) is 14.3 Å². The molecule has 0 bridgehead atoms. The smallest absolute Gasteiger partial charge is 0.413 e. The highest BCUT2D eigenvalue weighted by molar-refractivity contribution is 7.15. The number of nitrogens with zero attached hydrogens (tertiary/aromatic N) is 1. The number of halogens is 2. The third-order valence-corrected chi connectivity index (χ3v) is 3.78. The van der Waals surface area contributed by atoms with Crippen LogP contribution in [-0.2, 0) is 4.74 Å². The van der Waals surface area contributed by atoms with Gasteiger partial charge in [0.1, 0.15) is 17.5 Å². The molecule has 1 heterocycles. The van der Waals surface area contributed by atoms with Gasteiger partial charge in [0.15, 0.2) is 5.13 Å². The standard InChI is InChI=1S/C15H16ClFN2O3S/c1-15(2,3)22-14(21)19-13-18-7-11(23-13)12(20)8-4-9(16)6-10(17)5-8/h4-7,12,20H,1-3H3,(H,18,19,21). The highest BCUT2D eigenvalue weighted by Gasteiger charge is 2.19. The average Bonchev–Trinajstić information content (AvgIpc) is 2.82. The van der Waals surface area contributed by atoms with Gasteiger partial charge in [-0.1, -0.05) is 22.9 Å². The van der Waals surface area contributed by atoms with Crippen LogP contribution in [0.25, 0.3) is 0 Å². The number of carbonyl (C=O) groups is 1. The summed E-state index contributed by atoms with van der Waals surface area (Å²) in [6, 6.07) is 3.81. The number of anilines is 1. The van der Waals surface area contributed by atoms with Gasteiger partial charge in [0, 0.05) is 11.2 Å². The van der Waals surface area contributed by atoms with Crippen molar-refractivity contribution >= 4 is 34.2 Å². The molecule has 124 valence electrons. The van der Waals surface area contributed by atoms with Crippen LogP contribution in [0.3, 0.4) is 0 Å².